The highest BCUT2D eigenvalue weighted by Crippen LogP contribution is 2.32. The van der Waals surface area contributed by atoms with Gasteiger partial charge in [-0.25, -0.2) is 4.79 Å². The molecule has 0 aromatic heterocycles. The molecule has 0 spiro atoms. The summed E-state index contributed by atoms with van der Waals surface area (Å²) in [5, 5.41) is 0. The molecule has 0 aliphatic heterocycles. The standard InChI is InChI=1S/C32H46O4/c1-4-6-7-10-26-11-13-27(14-12-26)24-35-30-19-21-31(22-20-30)36-32(33)28-15-17-29(18-16-28)34-23-8-9-25(3)5-2/h15-22,25-27H,4-14,23-24H2,1-3H3/t25-,26?,27?/m0/s1. The van der Waals surface area contributed by atoms with Crippen LogP contribution in [-0.4, -0.2) is 19.2 Å². The largest absolute Gasteiger partial charge is 0.494 e. The molecule has 0 radical (unpaired) electrons. The van der Waals surface area contributed by atoms with Crippen molar-refractivity contribution in [3.63, 3.8) is 0 Å². The van der Waals surface area contributed by atoms with Crippen LogP contribution in [0.25, 0.3) is 0 Å². The first-order valence-corrected chi connectivity index (χ1v) is 14.2. The van der Waals surface area contributed by atoms with Gasteiger partial charge in [0.1, 0.15) is 17.2 Å². The van der Waals surface area contributed by atoms with Gasteiger partial charge in [-0.2, -0.15) is 0 Å². The maximum atomic E-state index is 12.5. The van der Waals surface area contributed by atoms with Crippen LogP contribution in [0.15, 0.2) is 48.5 Å². The van der Waals surface area contributed by atoms with Gasteiger partial charge in [0, 0.05) is 0 Å². The van der Waals surface area contributed by atoms with Crippen molar-refractivity contribution in [1.82, 2.24) is 0 Å². The first-order chi connectivity index (χ1) is 17.6. The molecule has 198 valence electrons. The monoisotopic (exact) mass is 494 g/mol. The molecule has 1 fully saturated rings. The molecule has 4 heteroatoms. The predicted octanol–water partition coefficient (Wildman–Crippen LogP) is 8.88. The lowest BCUT2D eigenvalue weighted by Crippen LogP contribution is -2.20. The van der Waals surface area contributed by atoms with Crippen molar-refractivity contribution < 1.29 is 19.0 Å². The van der Waals surface area contributed by atoms with E-state index in [1.807, 2.05) is 24.3 Å². The third-order valence-electron chi connectivity index (χ3n) is 7.60. The third-order valence-corrected chi connectivity index (χ3v) is 7.60. The molecule has 1 atom stereocenters. The van der Waals surface area contributed by atoms with Gasteiger partial charge in [-0.3, -0.25) is 0 Å². The summed E-state index contributed by atoms with van der Waals surface area (Å²) in [6.45, 7) is 8.22. The maximum absolute atomic E-state index is 12.5. The highest BCUT2D eigenvalue weighted by molar-refractivity contribution is 5.91. The van der Waals surface area contributed by atoms with Gasteiger partial charge < -0.3 is 14.2 Å². The fourth-order valence-corrected chi connectivity index (χ4v) is 4.87. The molecule has 36 heavy (non-hydrogen) atoms. The number of carbonyl (C=O) groups excluding carboxylic acids is 1. The Labute approximate surface area is 218 Å². The van der Waals surface area contributed by atoms with Crippen molar-refractivity contribution in [2.24, 2.45) is 17.8 Å². The molecule has 2 aromatic carbocycles. The number of rotatable bonds is 15. The van der Waals surface area contributed by atoms with Crippen LogP contribution in [0.5, 0.6) is 17.2 Å². The molecule has 0 bridgehead atoms. The van der Waals surface area contributed by atoms with Crippen LogP contribution in [0, 0.1) is 17.8 Å². The Morgan fingerprint density at radius 2 is 1.42 bits per heavy atom. The Morgan fingerprint density at radius 1 is 0.806 bits per heavy atom. The van der Waals surface area contributed by atoms with Crippen molar-refractivity contribution in [3.8, 4) is 17.2 Å². The molecule has 4 nitrogen and oxygen atoms in total. The lowest BCUT2D eigenvalue weighted by Gasteiger charge is -2.28. The molecule has 0 heterocycles. The molecule has 3 rings (SSSR count). The van der Waals surface area contributed by atoms with E-state index in [1.165, 1.54) is 64.2 Å². The summed E-state index contributed by atoms with van der Waals surface area (Å²) in [5.74, 6) is 4.06. The van der Waals surface area contributed by atoms with Gasteiger partial charge in [0.25, 0.3) is 0 Å². The fourth-order valence-electron chi connectivity index (χ4n) is 4.87. The van der Waals surface area contributed by atoms with Gasteiger partial charge in [0.15, 0.2) is 0 Å². The molecular formula is C32H46O4. The minimum absolute atomic E-state index is 0.373. The molecule has 0 amide bonds. The van der Waals surface area contributed by atoms with Crippen molar-refractivity contribution in [3.05, 3.63) is 54.1 Å². The van der Waals surface area contributed by atoms with Gasteiger partial charge in [0.05, 0.1) is 18.8 Å². The topological polar surface area (TPSA) is 44.8 Å². The number of unbranched alkanes of at least 4 members (excludes halogenated alkanes) is 2. The van der Waals surface area contributed by atoms with Gasteiger partial charge in [-0.15, -0.1) is 0 Å². The Bertz CT molecular complexity index is 866. The van der Waals surface area contributed by atoms with Crippen LogP contribution in [-0.2, 0) is 0 Å². The minimum atomic E-state index is -0.373. The number of esters is 1. The Hall–Kier alpha value is -2.49. The average molecular weight is 495 g/mol. The van der Waals surface area contributed by atoms with E-state index in [0.717, 1.165) is 36.4 Å². The first kappa shape index (κ1) is 28.1. The molecule has 1 aliphatic carbocycles. The van der Waals surface area contributed by atoms with Gasteiger partial charge >= 0.3 is 5.97 Å². The van der Waals surface area contributed by atoms with E-state index in [2.05, 4.69) is 20.8 Å². The normalized spacial score (nSPS) is 18.4. The summed E-state index contributed by atoms with van der Waals surface area (Å²) >= 11 is 0. The zero-order chi connectivity index (χ0) is 25.6. The summed E-state index contributed by atoms with van der Waals surface area (Å²) < 4.78 is 17.4. The van der Waals surface area contributed by atoms with E-state index >= 15 is 0 Å². The molecule has 2 aromatic rings. The average Bonchev–Trinajstić information content (AvgIpc) is 2.91. The van der Waals surface area contributed by atoms with E-state index in [1.54, 1.807) is 24.3 Å². The van der Waals surface area contributed by atoms with Crippen molar-refractivity contribution >= 4 is 5.97 Å². The third kappa shape index (κ3) is 9.87. The minimum Gasteiger partial charge on any atom is -0.494 e. The van der Waals surface area contributed by atoms with E-state index in [0.29, 0.717) is 23.8 Å². The summed E-state index contributed by atoms with van der Waals surface area (Å²) in [6, 6.07) is 14.5. The Kier molecular flexibility index (Phi) is 12.2. The van der Waals surface area contributed by atoms with Crippen molar-refractivity contribution in [1.29, 1.82) is 0 Å². The van der Waals surface area contributed by atoms with Crippen LogP contribution < -0.4 is 14.2 Å². The fraction of sp³-hybridized carbons (Fsp3) is 0.594. The highest BCUT2D eigenvalue weighted by atomic mass is 16.5. The highest BCUT2D eigenvalue weighted by Gasteiger charge is 2.21. The van der Waals surface area contributed by atoms with Crippen molar-refractivity contribution in [2.75, 3.05) is 13.2 Å². The summed E-state index contributed by atoms with van der Waals surface area (Å²) in [5.41, 5.74) is 0.507. The lowest BCUT2D eigenvalue weighted by atomic mass is 9.80. The number of ether oxygens (including phenoxy) is 3. The number of hydrogen-bond donors (Lipinski definition) is 0. The lowest BCUT2D eigenvalue weighted by molar-refractivity contribution is 0.0734. The zero-order valence-electron chi connectivity index (χ0n) is 22.7. The molecule has 0 saturated heterocycles. The number of benzene rings is 2. The van der Waals surface area contributed by atoms with E-state index in [-0.39, 0.29) is 5.97 Å². The molecule has 1 aliphatic rings. The maximum Gasteiger partial charge on any atom is 0.343 e. The Balaban J connectivity index is 1.35. The SMILES string of the molecule is CCCCCC1CCC(COc2ccc(OC(=O)c3ccc(OCCC[C@@H](C)CC)cc3)cc2)CC1. The van der Waals surface area contributed by atoms with Gasteiger partial charge in [-0.1, -0.05) is 65.7 Å². The van der Waals surface area contributed by atoms with E-state index in [9.17, 15) is 4.79 Å². The first-order valence-electron chi connectivity index (χ1n) is 14.2. The quantitative estimate of drug-likeness (QED) is 0.141. The number of carbonyl (C=O) groups is 1. The van der Waals surface area contributed by atoms with Gasteiger partial charge in [-0.05, 0) is 92.0 Å². The van der Waals surface area contributed by atoms with E-state index < -0.39 is 0 Å². The molecule has 0 N–H and O–H groups in total. The molecule has 1 saturated carbocycles. The van der Waals surface area contributed by atoms with Crippen LogP contribution in [0.4, 0.5) is 0 Å². The van der Waals surface area contributed by atoms with E-state index in [4.69, 9.17) is 14.2 Å². The van der Waals surface area contributed by atoms with Crippen LogP contribution in [0.2, 0.25) is 0 Å². The van der Waals surface area contributed by atoms with Crippen LogP contribution in [0.1, 0.15) is 102 Å². The molecular weight excluding hydrogens is 448 g/mol. The second-order valence-electron chi connectivity index (χ2n) is 10.6. The second-order valence-corrected chi connectivity index (χ2v) is 10.6. The number of hydrogen-bond acceptors (Lipinski definition) is 4. The summed E-state index contributed by atoms with van der Waals surface area (Å²) in [7, 11) is 0. The smallest absolute Gasteiger partial charge is 0.343 e. The van der Waals surface area contributed by atoms with Crippen LogP contribution in [0.3, 0.4) is 0 Å². The Morgan fingerprint density at radius 3 is 2.08 bits per heavy atom. The van der Waals surface area contributed by atoms with Crippen molar-refractivity contribution in [2.45, 2.75) is 91.4 Å². The second kappa shape index (κ2) is 15.6. The predicted molar refractivity (Wildman–Crippen MR) is 147 cm³/mol. The summed E-state index contributed by atoms with van der Waals surface area (Å²) in [6.07, 6.45) is 14.1. The molecule has 0 unspecified atom stereocenters. The summed E-state index contributed by atoms with van der Waals surface area (Å²) in [4.78, 5) is 12.5. The van der Waals surface area contributed by atoms with Crippen LogP contribution >= 0.6 is 0 Å². The zero-order valence-corrected chi connectivity index (χ0v) is 22.7. The van der Waals surface area contributed by atoms with Gasteiger partial charge in [0.2, 0.25) is 0 Å².